The molecule has 0 aliphatic rings. The van der Waals surface area contributed by atoms with Crippen molar-refractivity contribution < 1.29 is 17.4 Å². The molecule has 150 valence electrons. The van der Waals surface area contributed by atoms with Crippen molar-refractivity contribution in [2.75, 3.05) is 6.61 Å². The Morgan fingerprint density at radius 1 is 0.767 bits per heavy atom. The minimum atomic E-state index is -3.97. The molecule has 0 saturated carbocycles. The molecule has 0 aromatic heterocycles. The molecule has 0 fully saturated rings. The standard InChI is InChI=1S/C25H20O4S/c1-18-6-14-24(15-7-18)30(27,28)29-17-25(26)21-11-8-20(9-12-21)23-13-10-19-4-2-3-5-22(19)16-23/h2-16H,17H2,1H3. The zero-order valence-corrected chi connectivity index (χ0v) is 17.2. The maximum atomic E-state index is 12.4. The van der Waals surface area contributed by atoms with Crippen LogP contribution < -0.4 is 0 Å². The normalized spacial score (nSPS) is 11.5. The van der Waals surface area contributed by atoms with Crippen molar-refractivity contribution in [3.05, 3.63) is 102 Å². The van der Waals surface area contributed by atoms with Crippen LogP contribution in [-0.2, 0) is 14.3 Å². The molecule has 0 N–H and O–H groups in total. The summed E-state index contributed by atoms with van der Waals surface area (Å²) in [6, 6.07) is 27.7. The van der Waals surface area contributed by atoms with Gasteiger partial charge in [-0.3, -0.25) is 8.98 Å². The second-order valence-electron chi connectivity index (χ2n) is 7.09. The first kappa shape index (κ1) is 20.0. The monoisotopic (exact) mass is 416 g/mol. The third-order valence-corrected chi connectivity index (χ3v) is 6.22. The zero-order chi connectivity index (χ0) is 21.1. The van der Waals surface area contributed by atoms with Crippen molar-refractivity contribution in [3.8, 4) is 11.1 Å². The largest absolute Gasteiger partial charge is 0.297 e. The van der Waals surface area contributed by atoms with E-state index in [1.54, 1.807) is 24.3 Å². The average molecular weight is 416 g/mol. The highest BCUT2D eigenvalue weighted by Gasteiger charge is 2.17. The van der Waals surface area contributed by atoms with Crippen molar-refractivity contribution in [2.24, 2.45) is 0 Å². The van der Waals surface area contributed by atoms with Crippen LogP contribution in [-0.4, -0.2) is 20.8 Å². The Bertz CT molecular complexity index is 1310. The number of aryl methyl sites for hydroxylation is 1. The quantitative estimate of drug-likeness (QED) is 0.312. The van der Waals surface area contributed by atoms with Crippen LogP contribution in [0.25, 0.3) is 21.9 Å². The van der Waals surface area contributed by atoms with Gasteiger partial charge in [0, 0.05) is 5.56 Å². The Labute approximate surface area is 175 Å². The molecule has 0 radical (unpaired) electrons. The van der Waals surface area contributed by atoms with Crippen LogP contribution in [0.4, 0.5) is 0 Å². The number of hydrogen-bond donors (Lipinski definition) is 0. The van der Waals surface area contributed by atoms with Crippen molar-refractivity contribution in [1.82, 2.24) is 0 Å². The summed E-state index contributed by atoms with van der Waals surface area (Å²) in [7, 11) is -3.97. The average Bonchev–Trinajstić information content (AvgIpc) is 2.77. The molecule has 5 heteroatoms. The molecule has 0 atom stereocenters. The molecule has 0 spiro atoms. The van der Waals surface area contributed by atoms with Gasteiger partial charge in [-0.1, -0.05) is 78.4 Å². The first-order valence-corrected chi connectivity index (χ1v) is 10.9. The summed E-state index contributed by atoms with van der Waals surface area (Å²) in [5.74, 6) is -0.393. The van der Waals surface area contributed by atoms with Crippen LogP contribution in [0.15, 0.2) is 95.9 Å². The summed E-state index contributed by atoms with van der Waals surface area (Å²) in [5, 5.41) is 2.31. The van der Waals surface area contributed by atoms with Gasteiger partial charge in [-0.15, -0.1) is 0 Å². The van der Waals surface area contributed by atoms with Gasteiger partial charge >= 0.3 is 0 Å². The Kier molecular flexibility index (Phi) is 5.48. The van der Waals surface area contributed by atoms with Gasteiger partial charge in [0.25, 0.3) is 10.1 Å². The second kappa shape index (κ2) is 8.22. The molecule has 0 heterocycles. The van der Waals surface area contributed by atoms with E-state index in [2.05, 4.69) is 24.3 Å². The molecule has 4 rings (SSSR count). The number of ketones is 1. The lowest BCUT2D eigenvalue weighted by atomic mass is 9.99. The van der Waals surface area contributed by atoms with E-state index in [4.69, 9.17) is 4.18 Å². The summed E-state index contributed by atoms with van der Waals surface area (Å²) in [4.78, 5) is 12.4. The Morgan fingerprint density at radius 3 is 2.10 bits per heavy atom. The lowest BCUT2D eigenvalue weighted by Gasteiger charge is -2.07. The summed E-state index contributed by atoms with van der Waals surface area (Å²) in [5.41, 5.74) is 3.37. The van der Waals surface area contributed by atoms with Gasteiger partial charge in [0.1, 0.15) is 6.61 Å². The first-order chi connectivity index (χ1) is 14.4. The van der Waals surface area contributed by atoms with Gasteiger partial charge in [0.2, 0.25) is 0 Å². The maximum absolute atomic E-state index is 12.4. The first-order valence-electron chi connectivity index (χ1n) is 9.51. The number of benzene rings is 4. The third-order valence-electron chi connectivity index (χ3n) is 4.94. The topological polar surface area (TPSA) is 60.4 Å². The van der Waals surface area contributed by atoms with Crippen molar-refractivity contribution in [3.63, 3.8) is 0 Å². The SMILES string of the molecule is Cc1ccc(S(=O)(=O)OCC(=O)c2ccc(-c3ccc4ccccc4c3)cc2)cc1. The second-order valence-corrected chi connectivity index (χ2v) is 8.71. The highest BCUT2D eigenvalue weighted by molar-refractivity contribution is 7.86. The smallest absolute Gasteiger partial charge is 0.291 e. The predicted molar refractivity (Wildman–Crippen MR) is 118 cm³/mol. The van der Waals surface area contributed by atoms with Crippen molar-refractivity contribution in [2.45, 2.75) is 11.8 Å². The zero-order valence-electron chi connectivity index (χ0n) is 16.4. The summed E-state index contributed by atoms with van der Waals surface area (Å²) >= 11 is 0. The molecule has 4 aromatic rings. The van der Waals surface area contributed by atoms with E-state index < -0.39 is 22.5 Å². The fraction of sp³-hybridized carbons (Fsp3) is 0.0800. The maximum Gasteiger partial charge on any atom is 0.297 e. The van der Waals surface area contributed by atoms with E-state index in [0.29, 0.717) is 5.56 Å². The van der Waals surface area contributed by atoms with E-state index in [1.165, 1.54) is 17.5 Å². The van der Waals surface area contributed by atoms with Crippen molar-refractivity contribution >= 4 is 26.7 Å². The molecule has 0 amide bonds. The fourth-order valence-electron chi connectivity index (χ4n) is 3.20. The van der Waals surface area contributed by atoms with Crippen LogP contribution in [0.2, 0.25) is 0 Å². The Balaban J connectivity index is 1.46. The number of rotatable bonds is 6. The molecule has 0 aliphatic carbocycles. The molecular weight excluding hydrogens is 396 g/mol. The van der Waals surface area contributed by atoms with E-state index in [1.807, 2.05) is 37.3 Å². The number of fused-ring (bicyclic) bond motifs is 1. The van der Waals surface area contributed by atoms with Crippen LogP contribution in [0.5, 0.6) is 0 Å². The van der Waals surface area contributed by atoms with Crippen LogP contribution in [0.1, 0.15) is 15.9 Å². The Morgan fingerprint density at radius 2 is 1.40 bits per heavy atom. The summed E-state index contributed by atoms with van der Waals surface area (Å²) in [6.07, 6.45) is 0. The summed E-state index contributed by atoms with van der Waals surface area (Å²) in [6.45, 7) is 1.33. The molecule has 0 unspecified atom stereocenters. The third kappa shape index (κ3) is 4.32. The fourth-order valence-corrected chi connectivity index (χ4v) is 4.07. The van der Waals surface area contributed by atoms with E-state index in [0.717, 1.165) is 22.1 Å². The highest BCUT2D eigenvalue weighted by atomic mass is 32.2. The predicted octanol–water partition coefficient (Wildman–Crippen LogP) is 5.40. The lowest BCUT2D eigenvalue weighted by Crippen LogP contribution is -2.14. The van der Waals surface area contributed by atoms with Gasteiger partial charge in [0.15, 0.2) is 5.78 Å². The molecule has 4 aromatic carbocycles. The molecule has 4 nitrogen and oxygen atoms in total. The molecule has 0 aliphatic heterocycles. The lowest BCUT2D eigenvalue weighted by molar-refractivity contribution is 0.0924. The van der Waals surface area contributed by atoms with E-state index >= 15 is 0 Å². The highest BCUT2D eigenvalue weighted by Crippen LogP contribution is 2.25. The van der Waals surface area contributed by atoms with E-state index in [-0.39, 0.29) is 4.90 Å². The van der Waals surface area contributed by atoms with Crippen LogP contribution >= 0.6 is 0 Å². The molecular formula is C25H20O4S. The van der Waals surface area contributed by atoms with Crippen molar-refractivity contribution in [1.29, 1.82) is 0 Å². The Hall–Kier alpha value is -3.28. The van der Waals surface area contributed by atoms with Gasteiger partial charge in [0.05, 0.1) is 4.90 Å². The molecule has 0 saturated heterocycles. The number of carbonyl (C=O) groups excluding carboxylic acids is 1. The molecule has 30 heavy (non-hydrogen) atoms. The summed E-state index contributed by atoms with van der Waals surface area (Å²) < 4.78 is 29.5. The minimum Gasteiger partial charge on any atom is -0.291 e. The molecule has 0 bridgehead atoms. The van der Waals surface area contributed by atoms with Gasteiger partial charge in [-0.25, -0.2) is 0 Å². The van der Waals surface area contributed by atoms with Gasteiger partial charge in [-0.05, 0) is 47.0 Å². The number of hydrogen-bond acceptors (Lipinski definition) is 4. The minimum absolute atomic E-state index is 0.0348. The number of carbonyl (C=O) groups is 1. The van der Waals surface area contributed by atoms with Crippen LogP contribution in [0, 0.1) is 6.92 Å². The van der Waals surface area contributed by atoms with Gasteiger partial charge < -0.3 is 0 Å². The number of Topliss-reactive ketones (excluding diaryl/α,β-unsaturated/α-hetero) is 1. The van der Waals surface area contributed by atoms with Gasteiger partial charge in [-0.2, -0.15) is 8.42 Å². The van der Waals surface area contributed by atoms with Crippen LogP contribution in [0.3, 0.4) is 0 Å². The van der Waals surface area contributed by atoms with E-state index in [9.17, 15) is 13.2 Å².